The number of H-pyrrole nitrogens is 1. The van der Waals surface area contributed by atoms with E-state index in [4.69, 9.17) is 9.47 Å². The van der Waals surface area contributed by atoms with Gasteiger partial charge in [-0.2, -0.15) is 0 Å². The van der Waals surface area contributed by atoms with Gasteiger partial charge in [0.05, 0.1) is 28.7 Å². The Morgan fingerprint density at radius 2 is 1.94 bits per heavy atom. The highest BCUT2D eigenvalue weighted by Gasteiger charge is 2.27. The lowest BCUT2D eigenvalue weighted by Gasteiger charge is -2.29. The smallest absolute Gasteiger partial charge is 0.407 e. The average Bonchev–Trinajstić information content (AvgIpc) is 3.36. The highest BCUT2D eigenvalue weighted by atomic mass is 32.2. The topological polar surface area (TPSA) is 107 Å². The molecule has 3 aromatic rings. The van der Waals surface area contributed by atoms with Crippen LogP contribution in [0.5, 0.6) is 11.5 Å². The average molecular weight is 507 g/mol. The second-order valence-corrected chi connectivity index (χ2v) is 10.2. The highest BCUT2D eigenvalue weighted by Crippen LogP contribution is 2.51. The summed E-state index contributed by atoms with van der Waals surface area (Å²) >= 11 is 1.62. The van der Waals surface area contributed by atoms with E-state index in [9.17, 15) is 14.7 Å². The first-order valence-electron chi connectivity index (χ1n) is 12.0. The lowest BCUT2D eigenvalue weighted by molar-refractivity contribution is 0.122. The van der Waals surface area contributed by atoms with Crippen LogP contribution in [0.25, 0.3) is 11.3 Å². The number of hydrogen-bond donors (Lipinski definition) is 3. The lowest BCUT2D eigenvalue weighted by atomic mass is 10.1. The summed E-state index contributed by atoms with van der Waals surface area (Å²) < 4.78 is 11.8. The lowest BCUT2D eigenvalue weighted by Crippen LogP contribution is -2.36. The van der Waals surface area contributed by atoms with Crippen LogP contribution in [-0.4, -0.2) is 66.5 Å². The maximum Gasteiger partial charge on any atom is 0.407 e. The maximum absolute atomic E-state index is 12.5. The first-order valence-corrected chi connectivity index (χ1v) is 12.8. The Balaban J connectivity index is 1.25. The third kappa shape index (κ3) is 4.49. The molecule has 1 aromatic heterocycles. The second-order valence-electron chi connectivity index (χ2n) is 9.07. The normalized spacial score (nSPS) is 18.8. The summed E-state index contributed by atoms with van der Waals surface area (Å²) in [5.41, 5.74) is 3.21. The Morgan fingerprint density at radius 1 is 1.08 bits per heavy atom. The number of carboxylic acid groups (broad SMARTS) is 1. The molecule has 0 bridgehead atoms. The van der Waals surface area contributed by atoms with E-state index < -0.39 is 6.09 Å². The van der Waals surface area contributed by atoms with Crippen molar-refractivity contribution in [2.45, 2.75) is 22.3 Å². The largest absolute Gasteiger partial charge is 0.465 e. The van der Waals surface area contributed by atoms with Gasteiger partial charge in [0.1, 0.15) is 5.75 Å². The van der Waals surface area contributed by atoms with Crippen molar-refractivity contribution >= 4 is 29.2 Å². The van der Waals surface area contributed by atoms with Gasteiger partial charge in [0, 0.05) is 55.2 Å². The highest BCUT2D eigenvalue weighted by molar-refractivity contribution is 7.99. The minimum atomic E-state index is -0.877. The van der Waals surface area contributed by atoms with Gasteiger partial charge >= 0.3 is 6.09 Å². The first kappa shape index (κ1) is 22.8. The fourth-order valence-corrected chi connectivity index (χ4v) is 5.89. The molecule has 0 aliphatic carbocycles. The van der Waals surface area contributed by atoms with Crippen LogP contribution in [0.3, 0.4) is 0 Å². The number of rotatable bonds is 4. The first-order chi connectivity index (χ1) is 17.5. The number of benzene rings is 2. The van der Waals surface area contributed by atoms with Gasteiger partial charge in [-0.25, -0.2) is 4.79 Å². The molecule has 10 heteroatoms. The fraction of sp³-hybridized carbons (Fsp3) is 0.308. The van der Waals surface area contributed by atoms with Crippen molar-refractivity contribution in [3.05, 3.63) is 58.9 Å². The van der Waals surface area contributed by atoms with E-state index in [0.717, 1.165) is 57.7 Å². The number of likely N-dealkylation sites (tertiary alicyclic amines) is 1. The summed E-state index contributed by atoms with van der Waals surface area (Å²) in [5, 5.41) is 12.7. The van der Waals surface area contributed by atoms with E-state index in [2.05, 4.69) is 15.2 Å². The molecule has 0 saturated carbocycles. The number of carbonyl (C=O) groups is 1. The molecule has 0 spiro atoms. The number of ether oxygens (including phenoxy) is 2. The van der Waals surface area contributed by atoms with E-state index in [1.54, 1.807) is 17.8 Å². The van der Waals surface area contributed by atoms with Crippen molar-refractivity contribution in [2.24, 2.45) is 0 Å². The van der Waals surface area contributed by atoms with Gasteiger partial charge in [-0.15, -0.1) is 0 Å². The Hall–Kier alpha value is -3.63. The second kappa shape index (κ2) is 9.44. The molecule has 3 aliphatic rings. The number of nitrogens with one attached hydrogen (secondary N) is 2. The zero-order valence-electron chi connectivity index (χ0n) is 19.5. The molecular weight excluding hydrogens is 480 g/mol. The van der Waals surface area contributed by atoms with Crippen LogP contribution in [-0.2, 0) is 4.74 Å². The predicted octanol–water partition coefficient (Wildman–Crippen LogP) is 4.30. The van der Waals surface area contributed by atoms with E-state index in [0.29, 0.717) is 32.0 Å². The molecule has 2 saturated heterocycles. The Kier molecular flexibility index (Phi) is 5.98. The molecule has 1 unspecified atom stereocenters. The van der Waals surface area contributed by atoms with Gasteiger partial charge in [0.25, 0.3) is 0 Å². The summed E-state index contributed by atoms with van der Waals surface area (Å²) in [7, 11) is 0. The van der Waals surface area contributed by atoms with Crippen molar-refractivity contribution in [3.8, 4) is 22.8 Å². The zero-order chi connectivity index (χ0) is 24.6. The summed E-state index contributed by atoms with van der Waals surface area (Å²) in [6.07, 6.45) is -0.0982. The molecule has 3 N–H and O–H groups in total. The maximum atomic E-state index is 12.5. The third-order valence-electron chi connectivity index (χ3n) is 6.68. The summed E-state index contributed by atoms with van der Waals surface area (Å²) in [4.78, 5) is 32.3. The van der Waals surface area contributed by atoms with E-state index in [1.807, 2.05) is 42.5 Å². The summed E-state index contributed by atoms with van der Waals surface area (Å²) in [6.45, 7) is 3.82. The predicted molar refractivity (Wildman–Crippen MR) is 138 cm³/mol. The number of aromatic nitrogens is 1. The van der Waals surface area contributed by atoms with Crippen LogP contribution in [0, 0.1) is 0 Å². The molecule has 36 heavy (non-hydrogen) atoms. The van der Waals surface area contributed by atoms with Crippen molar-refractivity contribution in [1.29, 1.82) is 0 Å². The molecule has 4 heterocycles. The van der Waals surface area contributed by atoms with E-state index >= 15 is 0 Å². The molecule has 186 valence electrons. The minimum absolute atomic E-state index is 0.0862. The van der Waals surface area contributed by atoms with Crippen LogP contribution < -0.4 is 20.5 Å². The number of pyridine rings is 1. The standard InChI is InChI=1S/C26H26N4O5S/c31-24-14-18(29-8-10-34-11-9-29)13-20(28-24)19-2-1-3-22-25(19)35-21-5-4-16(12-23(21)36-22)27-17-6-7-30(15-17)26(32)33/h1-5,12-14,17,27H,6-11,15H2,(H,28,31)(H,32,33). The molecule has 1 amide bonds. The SMILES string of the molecule is O=C(O)N1CCC(Nc2ccc3c(c2)Sc2cccc(-c4cc(N5CCOCC5)cc(=O)[nH]4)c2O3)C1. The number of morpholine rings is 1. The van der Waals surface area contributed by atoms with Crippen LogP contribution in [0.4, 0.5) is 16.2 Å². The Labute approximate surface area is 212 Å². The molecule has 9 nitrogen and oxygen atoms in total. The Bertz CT molecular complexity index is 1370. The number of hydrogen-bond acceptors (Lipinski definition) is 7. The van der Waals surface area contributed by atoms with Crippen molar-refractivity contribution < 1.29 is 19.4 Å². The molecule has 2 aromatic carbocycles. The fourth-order valence-electron chi connectivity index (χ4n) is 4.87. The van der Waals surface area contributed by atoms with Gasteiger partial charge < -0.3 is 34.7 Å². The summed E-state index contributed by atoms with van der Waals surface area (Å²) in [6, 6.07) is 15.6. The molecule has 1 atom stereocenters. The number of para-hydroxylation sites is 1. The number of anilines is 2. The van der Waals surface area contributed by atoms with Crippen LogP contribution in [0.1, 0.15) is 6.42 Å². The van der Waals surface area contributed by atoms with Gasteiger partial charge in [-0.1, -0.05) is 17.8 Å². The van der Waals surface area contributed by atoms with Gasteiger partial charge in [0.2, 0.25) is 5.56 Å². The number of nitrogens with zero attached hydrogens (tertiary/aromatic N) is 2. The van der Waals surface area contributed by atoms with Gasteiger partial charge in [-0.3, -0.25) is 4.79 Å². The molecule has 0 radical (unpaired) electrons. The number of fused-ring (bicyclic) bond motifs is 2. The van der Waals surface area contributed by atoms with Crippen LogP contribution >= 0.6 is 11.8 Å². The molecule has 2 fully saturated rings. The van der Waals surface area contributed by atoms with Crippen molar-refractivity contribution in [3.63, 3.8) is 0 Å². The third-order valence-corrected chi connectivity index (χ3v) is 7.76. The Morgan fingerprint density at radius 3 is 2.75 bits per heavy atom. The van der Waals surface area contributed by atoms with Crippen LogP contribution in [0.2, 0.25) is 0 Å². The minimum Gasteiger partial charge on any atom is -0.465 e. The van der Waals surface area contributed by atoms with E-state index in [-0.39, 0.29) is 11.6 Å². The summed E-state index contributed by atoms with van der Waals surface area (Å²) in [5.74, 6) is 1.47. The molecule has 6 rings (SSSR count). The molecular formula is C26H26N4O5S. The number of aromatic amines is 1. The van der Waals surface area contributed by atoms with Crippen LogP contribution in [0.15, 0.2) is 63.1 Å². The van der Waals surface area contributed by atoms with Crippen molar-refractivity contribution in [2.75, 3.05) is 49.6 Å². The van der Waals surface area contributed by atoms with Crippen molar-refractivity contribution in [1.82, 2.24) is 9.88 Å². The van der Waals surface area contributed by atoms with Gasteiger partial charge in [-0.05, 0) is 42.8 Å². The number of amides is 1. The zero-order valence-corrected chi connectivity index (χ0v) is 20.3. The van der Waals surface area contributed by atoms with Gasteiger partial charge in [0.15, 0.2) is 5.75 Å². The quantitative estimate of drug-likeness (QED) is 0.376. The monoisotopic (exact) mass is 506 g/mol. The van der Waals surface area contributed by atoms with E-state index in [1.165, 1.54) is 4.90 Å². The molecule has 3 aliphatic heterocycles.